The number of ether oxygens (including phenoxy) is 1. The Kier molecular flexibility index (Phi) is 4.41. The van der Waals surface area contributed by atoms with Gasteiger partial charge in [0.05, 0.1) is 22.4 Å². The van der Waals surface area contributed by atoms with Gasteiger partial charge < -0.3 is 9.84 Å². The van der Waals surface area contributed by atoms with E-state index in [2.05, 4.69) is 18.8 Å². The summed E-state index contributed by atoms with van der Waals surface area (Å²) in [5, 5.41) is 11.8. The van der Waals surface area contributed by atoms with Crippen LogP contribution < -0.4 is 0 Å². The first kappa shape index (κ1) is 14.0. The van der Waals surface area contributed by atoms with Gasteiger partial charge in [-0.1, -0.05) is 13.3 Å². The van der Waals surface area contributed by atoms with Crippen molar-refractivity contribution in [2.24, 2.45) is 0 Å². The normalized spacial score (nSPS) is 28.6. The van der Waals surface area contributed by atoms with Gasteiger partial charge in [0.15, 0.2) is 0 Å². The van der Waals surface area contributed by atoms with E-state index < -0.39 is 5.60 Å². The number of thiazole rings is 1. The minimum absolute atomic E-state index is 0.218. The third-order valence-corrected chi connectivity index (χ3v) is 4.77. The maximum Gasteiger partial charge on any atom is 0.0959 e. The van der Waals surface area contributed by atoms with Crippen molar-refractivity contribution in [1.82, 2.24) is 4.98 Å². The van der Waals surface area contributed by atoms with Crippen LogP contribution in [0.1, 0.15) is 48.2 Å². The van der Waals surface area contributed by atoms with Crippen LogP contribution in [0.25, 0.3) is 0 Å². The maximum atomic E-state index is 10.7. The van der Waals surface area contributed by atoms with E-state index in [1.165, 1.54) is 4.88 Å². The SMILES string of the molecule is CCCC1CC(O)(Cc2nc(C)c(C)s2)CCO1. The molecule has 0 aromatic carbocycles. The van der Waals surface area contributed by atoms with Crippen molar-refractivity contribution in [3.63, 3.8) is 0 Å². The van der Waals surface area contributed by atoms with Crippen molar-refractivity contribution in [3.8, 4) is 0 Å². The minimum Gasteiger partial charge on any atom is -0.389 e. The lowest BCUT2D eigenvalue weighted by atomic mass is 9.86. The summed E-state index contributed by atoms with van der Waals surface area (Å²) < 4.78 is 5.70. The maximum absolute atomic E-state index is 10.7. The zero-order valence-corrected chi connectivity index (χ0v) is 12.3. The van der Waals surface area contributed by atoms with Crippen LogP contribution in [0.3, 0.4) is 0 Å². The van der Waals surface area contributed by atoms with Gasteiger partial charge in [-0.3, -0.25) is 0 Å². The minimum atomic E-state index is -0.616. The predicted octanol–water partition coefficient (Wildman–Crippen LogP) is 3.01. The molecule has 3 nitrogen and oxygen atoms in total. The Morgan fingerprint density at radius 3 is 2.89 bits per heavy atom. The molecule has 2 heterocycles. The third-order valence-electron chi connectivity index (χ3n) is 3.69. The zero-order valence-electron chi connectivity index (χ0n) is 11.5. The number of hydrogen-bond donors (Lipinski definition) is 1. The highest BCUT2D eigenvalue weighted by atomic mass is 32.1. The van der Waals surface area contributed by atoms with E-state index in [1.807, 2.05) is 6.92 Å². The molecule has 0 radical (unpaired) electrons. The van der Waals surface area contributed by atoms with Gasteiger partial charge in [0.1, 0.15) is 0 Å². The second-order valence-corrected chi connectivity index (χ2v) is 6.67. The van der Waals surface area contributed by atoms with Crippen LogP contribution in [-0.2, 0) is 11.2 Å². The largest absolute Gasteiger partial charge is 0.389 e. The zero-order chi connectivity index (χ0) is 13.2. The molecule has 1 aromatic rings. The van der Waals surface area contributed by atoms with E-state index in [9.17, 15) is 5.11 Å². The lowest BCUT2D eigenvalue weighted by Crippen LogP contribution is -2.42. The number of aromatic nitrogens is 1. The van der Waals surface area contributed by atoms with Crippen molar-refractivity contribution in [2.75, 3.05) is 6.61 Å². The van der Waals surface area contributed by atoms with Crippen LogP contribution in [0.5, 0.6) is 0 Å². The molecule has 0 bridgehead atoms. The van der Waals surface area contributed by atoms with E-state index in [-0.39, 0.29) is 6.10 Å². The lowest BCUT2D eigenvalue weighted by Gasteiger charge is -2.36. The molecule has 2 unspecified atom stereocenters. The Hall–Kier alpha value is -0.450. The summed E-state index contributed by atoms with van der Waals surface area (Å²) in [4.78, 5) is 5.79. The van der Waals surface area contributed by atoms with E-state index in [0.717, 1.165) is 36.4 Å². The molecule has 0 amide bonds. The lowest BCUT2D eigenvalue weighted by molar-refractivity contribution is -0.104. The summed E-state index contributed by atoms with van der Waals surface area (Å²) in [6.07, 6.45) is 4.52. The Morgan fingerprint density at radius 2 is 2.28 bits per heavy atom. The van der Waals surface area contributed by atoms with E-state index >= 15 is 0 Å². The van der Waals surface area contributed by atoms with Gasteiger partial charge in [-0.2, -0.15) is 0 Å². The molecule has 0 aliphatic carbocycles. The highest BCUT2D eigenvalue weighted by molar-refractivity contribution is 7.11. The van der Waals surface area contributed by atoms with Crippen molar-refractivity contribution in [2.45, 2.75) is 64.6 Å². The van der Waals surface area contributed by atoms with Crippen LogP contribution >= 0.6 is 11.3 Å². The highest BCUT2D eigenvalue weighted by Crippen LogP contribution is 2.31. The van der Waals surface area contributed by atoms with Gasteiger partial charge in [0.2, 0.25) is 0 Å². The standard InChI is InChI=1S/C14H23NO2S/c1-4-5-12-8-14(16,6-7-17-12)9-13-15-10(2)11(3)18-13/h12,16H,4-9H2,1-3H3. The molecule has 1 N–H and O–H groups in total. The predicted molar refractivity (Wildman–Crippen MR) is 74.1 cm³/mol. The van der Waals surface area contributed by atoms with E-state index in [0.29, 0.717) is 13.0 Å². The van der Waals surface area contributed by atoms with Crippen LogP contribution in [0, 0.1) is 13.8 Å². The smallest absolute Gasteiger partial charge is 0.0959 e. The molecule has 1 aliphatic heterocycles. The number of nitrogens with zero attached hydrogens (tertiary/aromatic N) is 1. The van der Waals surface area contributed by atoms with Gasteiger partial charge in [-0.15, -0.1) is 11.3 Å². The first-order valence-electron chi connectivity index (χ1n) is 6.79. The van der Waals surface area contributed by atoms with Crippen LogP contribution in [0.2, 0.25) is 0 Å². The van der Waals surface area contributed by atoms with Gasteiger partial charge in [-0.05, 0) is 20.3 Å². The Bertz CT molecular complexity index is 383. The third kappa shape index (κ3) is 3.31. The average molecular weight is 269 g/mol. The molecule has 102 valence electrons. The van der Waals surface area contributed by atoms with Crippen molar-refractivity contribution in [3.05, 3.63) is 15.6 Å². The molecule has 1 aliphatic rings. The van der Waals surface area contributed by atoms with E-state index in [1.54, 1.807) is 11.3 Å². The fourth-order valence-electron chi connectivity index (χ4n) is 2.56. The Morgan fingerprint density at radius 1 is 1.50 bits per heavy atom. The average Bonchev–Trinajstić information content (AvgIpc) is 2.57. The summed E-state index contributed by atoms with van der Waals surface area (Å²) in [7, 11) is 0. The molecule has 0 spiro atoms. The molecular formula is C14H23NO2S. The van der Waals surface area contributed by atoms with Gasteiger partial charge in [-0.25, -0.2) is 4.98 Å². The summed E-state index contributed by atoms with van der Waals surface area (Å²) in [6, 6.07) is 0. The number of aliphatic hydroxyl groups is 1. The van der Waals surface area contributed by atoms with Crippen molar-refractivity contribution in [1.29, 1.82) is 0 Å². The topological polar surface area (TPSA) is 42.4 Å². The van der Waals surface area contributed by atoms with Crippen molar-refractivity contribution >= 4 is 11.3 Å². The van der Waals surface area contributed by atoms with E-state index in [4.69, 9.17) is 4.74 Å². The Balaban J connectivity index is 2.02. The molecule has 2 rings (SSSR count). The monoisotopic (exact) mass is 269 g/mol. The first-order valence-corrected chi connectivity index (χ1v) is 7.61. The van der Waals surface area contributed by atoms with Gasteiger partial charge in [0.25, 0.3) is 0 Å². The quantitative estimate of drug-likeness (QED) is 0.913. The summed E-state index contributed by atoms with van der Waals surface area (Å²) in [5.74, 6) is 0. The summed E-state index contributed by atoms with van der Waals surface area (Å²) in [5.41, 5.74) is 0.477. The Labute approximate surface area is 113 Å². The molecule has 18 heavy (non-hydrogen) atoms. The van der Waals surface area contributed by atoms with Crippen LogP contribution in [0.4, 0.5) is 0 Å². The molecule has 1 fully saturated rings. The fraction of sp³-hybridized carbons (Fsp3) is 0.786. The van der Waals surface area contributed by atoms with Gasteiger partial charge in [0, 0.05) is 30.7 Å². The number of rotatable bonds is 4. The highest BCUT2D eigenvalue weighted by Gasteiger charge is 2.35. The van der Waals surface area contributed by atoms with Crippen LogP contribution in [0.15, 0.2) is 0 Å². The molecule has 0 saturated carbocycles. The van der Waals surface area contributed by atoms with Crippen molar-refractivity contribution < 1.29 is 9.84 Å². The van der Waals surface area contributed by atoms with Crippen LogP contribution in [-0.4, -0.2) is 28.4 Å². The molecule has 2 atom stereocenters. The second-order valence-electron chi connectivity index (χ2n) is 5.39. The molecule has 1 saturated heterocycles. The number of aryl methyl sites for hydroxylation is 2. The molecule has 4 heteroatoms. The fourth-order valence-corrected chi connectivity index (χ4v) is 3.63. The summed E-state index contributed by atoms with van der Waals surface area (Å²) >= 11 is 1.71. The second kappa shape index (κ2) is 5.68. The number of hydrogen-bond acceptors (Lipinski definition) is 4. The molecular weight excluding hydrogens is 246 g/mol. The summed E-state index contributed by atoms with van der Waals surface area (Å²) in [6.45, 7) is 6.95. The van der Waals surface area contributed by atoms with Gasteiger partial charge >= 0.3 is 0 Å². The first-order chi connectivity index (χ1) is 8.52. The molecule has 1 aromatic heterocycles.